The minimum absolute atomic E-state index is 0.162. The van der Waals surface area contributed by atoms with Crippen molar-refractivity contribution in [2.75, 3.05) is 7.05 Å². The van der Waals surface area contributed by atoms with Crippen LogP contribution in [-0.2, 0) is 6.54 Å². The number of carbonyl (C=O) groups is 1. The normalized spacial score (nSPS) is 10.4. The van der Waals surface area contributed by atoms with Gasteiger partial charge in [-0.25, -0.2) is 4.98 Å². The molecule has 0 fully saturated rings. The average molecular weight is 285 g/mol. The van der Waals surface area contributed by atoms with Crippen LogP contribution in [0, 0.1) is 0 Å². The molecule has 0 unspecified atom stereocenters. The van der Waals surface area contributed by atoms with Crippen LogP contribution < -0.4 is 0 Å². The largest absolute Gasteiger partial charge is 0.334 e. The van der Waals surface area contributed by atoms with Crippen LogP contribution in [0.15, 0.2) is 24.5 Å². The number of nitrogens with one attached hydrogen (secondary N) is 1. The molecule has 0 saturated carbocycles. The highest BCUT2D eigenvalue weighted by atomic mass is 35.5. The summed E-state index contributed by atoms with van der Waals surface area (Å²) in [5, 5.41) is 7.19. The Labute approximate surface area is 114 Å². The van der Waals surface area contributed by atoms with E-state index in [1.807, 2.05) is 0 Å². The molecule has 0 saturated heterocycles. The van der Waals surface area contributed by atoms with E-state index in [1.165, 1.54) is 11.2 Å². The van der Waals surface area contributed by atoms with Gasteiger partial charge < -0.3 is 4.90 Å². The van der Waals surface area contributed by atoms with Gasteiger partial charge in [-0.1, -0.05) is 23.2 Å². The van der Waals surface area contributed by atoms with Crippen molar-refractivity contribution in [2.45, 2.75) is 6.54 Å². The first kappa shape index (κ1) is 12.9. The number of amides is 1. The summed E-state index contributed by atoms with van der Waals surface area (Å²) in [7, 11) is 1.67. The van der Waals surface area contributed by atoms with E-state index in [1.54, 1.807) is 25.2 Å². The molecule has 0 bridgehead atoms. The third kappa shape index (κ3) is 2.80. The number of H-pyrrole nitrogens is 1. The van der Waals surface area contributed by atoms with Crippen molar-refractivity contribution < 1.29 is 4.79 Å². The van der Waals surface area contributed by atoms with Crippen molar-refractivity contribution in [2.24, 2.45) is 0 Å². The second-order valence-corrected chi connectivity index (χ2v) is 4.54. The number of nitrogens with zero attached hydrogens (tertiary/aromatic N) is 3. The summed E-state index contributed by atoms with van der Waals surface area (Å²) in [5.41, 5.74) is 0.478. The molecule has 1 heterocycles. The molecule has 18 heavy (non-hydrogen) atoms. The van der Waals surface area contributed by atoms with E-state index >= 15 is 0 Å². The van der Waals surface area contributed by atoms with Crippen LogP contribution in [0.3, 0.4) is 0 Å². The fraction of sp³-hybridized carbons (Fsp3) is 0.182. The van der Waals surface area contributed by atoms with Gasteiger partial charge in [0, 0.05) is 12.6 Å². The summed E-state index contributed by atoms with van der Waals surface area (Å²) in [6, 6.07) is 4.77. The van der Waals surface area contributed by atoms with Crippen molar-refractivity contribution in [1.82, 2.24) is 20.1 Å². The van der Waals surface area contributed by atoms with E-state index in [0.29, 0.717) is 28.0 Å². The maximum absolute atomic E-state index is 12.1. The zero-order chi connectivity index (χ0) is 13.1. The monoisotopic (exact) mass is 284 g/mol. The van der Waals surface area contributed by atoms with E-state index in [2.05, 4.69) is 15.2 Å². The van der Waals surface area contributed by atoms with E-state index in [4.69, 9.17) is 23.2 Å². The first-order valence-corrected chi connectivity index (χ1v) is 5.88. The molecule has 7 heteroatoms. The lowest BCUT2D eigenvalue weighted by Gasteiger charge is -2.15. The topological polar surface area (TPSA) is 61.9 Å². The summed E-state index contributed by atoms with van der Waals surface area (Å²) in [4.78, 5) is 17.6. The lowest BCUT2D eigenvalue weighted by Crippen LogP contribution is -2.26. The molecular weight excluding hydrogens is 275 g/mol. The summed E-state index contributed by atoms with van der Waals surface area (Å²) in [5.74, 6) is 0.455. The number of hydrogen-bond donors (Lipinski definition) is 1. The van der Waals surface area contributed by atoms with Crippen LogP contribution >= 0.6 is 23.2 Å². The SMILES string of the molecule is CN(Cc1ncn[nH]1)C(=O)c1ccc(Cl)c(Cl)c1. The third-order valence-electron chi connectivity index (χ3n) is 2.37. The maximum Gasteiger partial charge on any atom is 0.254 e. The molecule has 1 aromatic carbocycles. The number of halogens is 2. The quantitative estimate of drug-likeness (QED) is 0.941. The number of benzene rings is 1. The standard InChI is InChI=1S/C11H10Cl2N4O/c1-17(5-10-14-6-15-16-10)11(18)7-2-3-8(12)9(13)4-7/h2-4,6H,5H2,1H3,(H,14,15,16). The number of rotatable bonds is 3. The van der Waals surface area contributed by atoms with Crippen LogP contribution in [0.2, 0.25) is 10.0 Å². The molecule has 94 valence electrons. The Balaban J connectivity index is 2.12. The predicted octanol–water partition coefficient (Wildman–Crippen LogP) is 2.38. The molecule has 0 aliphatic carbocycles. The van der Waals surface area contributed by atoms with Crippen LogP contribution in [-0.4, -0.2) is 33.0 Å². The lowest BCUT2D eigenvalue weighted by atomic mass is 10.2. The van der Waals surface area contributed by atoms with Crippen LogP contribution in [0.4, 0.5) is 0 Å². The molecule has 0 radical (unpaired) electrons. The predicted molar refractivity (Wildman–Crippen MR) is 68.6 cm³/mol. The van der Waals surface area contributed by atoms with Gasteiger partial charge in [-0.15, -0.1) is 0 Å². The fourth-order valence-electron chi connectivity index (χ4n) is 1.45. The molecule has 1 aromatic heterocycles. The number of aromatic amines is 1. The van der Waals surface area contributed by atoms with Gasteiger partial charge in [0.25, 0.3) is 5.91 Å². The van der Waals surface area contributed by atoms with E-state index < -0.39 is 0 Å². The average Bonchev–Trinajstić information content (AvgIpc) is 2.84. The zero-order valence-corrected chi connectivity index (χ0v) is 11.0. The molecule has 2 rings (SSSR count). The molecule has 0 aliphatic heterocycles. The molecule has 2 aromatic rings. The fourth-order valence-corrected chi connectivity index (χ4v) is 1.75. The first-order chi connectivity index (χ1) is 8.58. The van der Waals surface area contributed by atoms with Gasteiger partial charge in [0.15, 0.2) is 0 Å². The van der Waals surface area contributed by atoms with Crippen molar-refractivity contribution in [1.29, 1.82) is 0 Å². The Hall–Kier alpha value is -1.59. The van der Waals surface area contributed by atoms with Gasteiger partial charge in [-0.3, -0.25) is 9.89 Å². The van der Waals surface area contributed by atoms with Gasteiger partial charge >= 0.3 is 0 Å². The molecule has 0 spiro atoms. The Morgan fingerprint density at radius 3 is 2.78 bits per heavy atom. The van der Waals surface area contributed by atoms with E-state index in [9.17, 15) is 4.79 Å². The molecular formula is C11H10Cl2N4O. The second kappa shape index (κ2) is 5.37. The minimum Gasteiger partial charge on any atom is -0.334 e. The number of carbonyl (C=O) groups excluding carboxylic acids is 1. The van der Waals surface area contributed by atoms with Crippen LogP contribution in [0.25, 0.3) is 0 Å². The third-order valence-corrected chi connectivity index (χ3v) is 3.10. The highest BCUT2D eigenvalue weighted by molar-refractivity contribution is 6.42. The van der Waals surface area contributed by atoms with E-state index in [0.717, 1.165) is 0 Å². The molecule has 1 amide bonds. The highest BCUT2D eigenvalue weighted by Gasteiger charge is 2.14. The van der Waals surface area contributed by atoms with Crippen LogP contribution in [0.1, 0.15) is 16.2 Å². The molecule has 1 N–H and O–H groups in total. The van der Waals surface area contributed by atoms with Gasteiger partial charge in [0.1, 0.15) is 12.2 Å². The van der Waals surface area contributed by atoms with Gasteiger partial charge in [-0.2, -0.15) is 5.10 Å². The summed E-state index contributed by atoms with van der Waals surface area (Å²) >= 11 is 11.7. The Morgan fingerprint density at radius 2 is 2.17 bits per heavy atom. The number of hydrogen-bond acceptors (Lipinski definition) is 3. The van der Waals surface area contributed by atoms with Crippen molar-refractivity contribution in [3.8, 4) is 0 Å². The maximum atomic E-state index is 12.1. The summed E-state index contributed by atoms with van der Waals surface area (Å²) in [6.07, 6.45) is 1.40. The smallest absolute Gasteiger partial charge is 0.254 e. The van der Waals surface area contributed by atoms with Crippen LogP contribution in [0.5, 0.6) is 0 Å². The summed E-state index contributed by atoms with van der Waals surface area (Å²) in [6.45, 7) is 0.346. The first-order valence-electron chi connectivity index (χ1n) is 5.12. The van der Waals surface area contributed by atoms with Gasteiger partial charge in [0.05, 0.1) is 16.6 Å². The second-order valence-electron chi connectivity index (χ2n) is 3.72. The van der Waals surface area contributed by atoms with Gasteiger partial charge in [-0.05, 0) is 18.2 Å². The lowest BCUT2D eigenvalue weighted by molar-refractivity contribution is 0.0781. The highest BCUT2D eigenvalue weighted by Crippen LogP contribution is 2.23. The zero-order valence-electron chi connectivity index (χ0n) is 9.52. The van der Waals surface area contributed by atoms with Crippen molar-refractivity contribution >= 4 is 29.1 Å². The molecule has 0 aliphatic rings. The van der Waals surface area contributed by atoms with E-state index in [-0.39, 0.29) is 5.91 Å². The number of aromatic nitrogens is 3. The Morgan fingerprint density at radius 1 is 1.39 bits per heavy atom. The van der Waals surface area contributed by atoms with Crippen molar-refractivity contribution in [3.05, 3.63) is 46.0 Å². The molecule has 0 atom stereocenters. The Bertz CT molecular complexity index is 556. The minimum atomic E-state index is -0.162. The Kier molecular flexibility index (Phi) is 3.84. The van der Waals surface area contributed by atoms with Crippen molar-refractivity contribution in [3.63, 3.8) is 0 Å². The summed E-state index contributed by atoms with van der Waals surface area (Å²) < 4.78 is 0. The molecule has 5 nitrogen and oxygen atoms in total. The van der Waals surface area contributed by atoms with Gasteiger partial charge in [0.2, 0.25) is 0 Å².